The Morgan fingerprint density at radius 2 is 2.04 bits per heavy atom. The van der Waals surface area contributed by atoms with Crippen LogP contribution in [0.5, 0.6) is 0 Å². The second-order valence-corrected chi connectivity index (χ2v) is 7.03. The fraction of sp³-hybridized carbons (Fsp3) is 0.211. The van der Waals surface area contributed by atoms with E-state index in [9.17, 15) is 4.79 Å². The number of aryl methyl sites for hydroxylation is 2. The van der Waals surface area contributed by atoms with E-state index < -0.39 is 0 Å². The highest BCUT2D eigenvalue weighted by Gasteiger charge is 2.25. The Balaban J connectivity index is 1.62. The number of fused-ring (bicyclic) bond motifs is 1. The number of rotatable bonds is 3. The molecule has 4 rings (SSSR count). The number of hydrogen-bond donors (Lipinski definition) is 1. The van der Waals surface area contributed by atoms with Gasteiger partial charge in [0.05, 0.1) is 11.4 Å². The lowest BCUT2D eigenvalue weighted by molar-refractivity contribution is 0.102. The lowest BCUT2D eigenvalue weighted by Crippen LogP contribution is -2.24. The van der Waals surface area contributed by atoms with Crippen LogP contribution in [-0.2, 0) is 6.42 Å². The molecule has 0 fully saturated rings. The van der Waals surface area contributed by atoms with E-state index in [1.165, 1.54) is 16.2 Å². The number of thiazole rings is 1. The van der Waals surface area contributed by atoms with Crippen LogP contribution in [-0.4, -0.2) is 22.4 Å². The normalized spacial score (nSPS) is 13.4. The molecule has 126 valence electrons. The molecule has 1 aliphatic rings. The molecule has 3 heterocycles. The van der Waals surface area contributed by atoms with Crippen molar-refractivity contribution in [1.82, 2.24) is 9.97 Å². The van der Waals surface area contributed by atoms with Crippen LogP contribution in [0.15, 0.2) is 48.7 Å². The minimum Gasteiger partial charge on any atom is -0.325 e. The Hall–Kier alpha value is -2.73. The third-order valence-electron chi connectivity index (χ3n) is 4.24. The van der Waals surface area contributed by atoms with Gasteiger partial charge in [-0.05, 0) is 44.0 Å². The summed E-state index contributed by atoms with van der Waals surface area (Å²) in [5.74, 6) is 0.735. The van der Waals surface area contributed by atoms with Crippen LogP contribution in [0.25, 0.3) is 0 Å². The Morgan fingerprint density at radius 3 is 2.84 bits per heavy atom. The van der Waals surface area contributed by atoms with Gasteiger partial charge in [-0.3, -0.25) is 9.78 Å². The molecule has 25 heavy (non-hydrogen) atoms. The Labute approximate surface area is 150 Å². The smallest absolute Gasteiger partial charge is 0.284 e. The van der Waals surface area contributed by atoms with E-state index in [2.05, 4.69) is 32.3 Å². The van der Waals surface area contributed by atoms with Crippen molar-refractivity contribution >= 4 is 34.4 Å². The average Bonchev–Trinajstić information content (AvgIpc) is 3.09. The van der Waals surface area contributed by atoms with Gasteiger partial charge in [-0.2, -0.15) is 0 Å². The van der Waals surface area contributed by atoms with Gasteiger partial charge in [-0.25, -0.2) is 4.98 Å². The molecule has 2 aromatic heterocycles. The van der Waals surface area contributed by atoms with Gasteiger partial charge in [0.2, 0.25) is 0 Å². The number of aromatic nitrogens is 2. The van der Waals surface area contributed by atoms with Crippen LogP contribution >= 0.6 is 11.3 Å². The first-order valence-corrected chi connectivity index (χ1v) is 9.09. The number of carbonyl (C=O) groups is 1. The van der Waals surface area contributed by atoms with E-state index in [0.29, 0.717) is 5.01 Å². The van der Waals surface area contributed by atoms with Crippen LogP contribution in [0, 0.1) is 6.92 Å². The molecule has 1 N–H and O–H groups in total. The van der Waals surface area contributed by atoms with Crippen molar-refractivity contribution in [2.24, 2.45) is 0 Å². The van der Waals surface area contributed by atoms with E-state index in [4.69, 9.17) is 0 Å². The molecule has 0 atom stereocenters. The third kappa shape index (κ3) is 3.13. The highest BCUT2D eigenvalue weighted by atomic mass is 32.1. The Kier molecular flexibility index (Phi) is 4.19. The molecule has 0 aliphatic carbocycles. The molecule has 0 saturated carbocycles. The number of nitrogens with one attached hydrogen (secondary N) is 1. The van der Waals surface area contributed by atoms with Gasteiger partial charge in [0.25, 0.3) is 5.91 Å². The van der Waals surface area contributed by atoms with E-state index >= 15 is 0 Å². The maximum atomic E-state index is 12.6. The highest BCUT2D eigenvalue weighted by Crippen LogP contribution is 2.36. The van der Waals surface area contributed by atoms with Gasteiger partial charge in [-0.1, -0.05) is 18.2 Å². The molecule has 0 unspecified atom stereocenters. The maximum Gasteiger partial charge on any atom is 0.284 e. The summed E-state index contributed by atoms with van der Waals surface area (Å²) in [6, 6.07) is 13.9. The summed E-state index contributed by atoms with van der Waals surface area (Å²) in [5.41, 5.74) is 2.63. The Bertz CT molecular complexity index is 907. The van der Waals surface area contributed by atoms with Crippen molar-refractivity contribution in [3.63, 3.8) is 0 Å². The number of carbonyl (C=O) groups excluding carboxylic acids is 1. The first kappa shape index (κ1) is 15.8. The van der Waals surface area contributed by atoms with Gasteiger partial charge in [0.15, 0.2) is 5.01 Å². The standard InChI is InChI=1S/C19H18N4OS/c1-13-15(9-5-11-20-13)21-18(24)19-22-17-16(25-19)10-6-12-23(17)14-7-3-2-4-8-14/h2-5,7-9,11H,6,10,12H2,1H3,(H,21,24). The minimum absolute atomic E-state index is 0.177. The van der Waals surface area contributed by atoms with Crippen LogP contribution in [0.1, 0.15) is 26.8 Å². The predicted octanol–water partition coefficient (Wildman–Crippen LogP) is 4.18. The number of benzene rings is 1. The second-order valence-electron chi connectivity index (χ2n) is 5.95. The fourth-order valence-corrected chi connectivity index (χ4v) is 3.97. The van der Waals surface area contributed by atoms with Crippen molar-refractivity contribution < 1.29 is 4.79 Å². The van der Waals surface area contributed by atoms with Gasteiger partial charge < -0.3 is 10.2 Å². The molecule has 0 radical (unpaired) electrons. The maximum absolute atomic E-state index is 12.6. The van der Waals surface area contributed by atoms with Crippen LogP contribution in [0.3, 0.4) is 0 Å². The Morgan fingerprint density at radius 1 is 1.20 bits per heavy atom. The molecule has 1 aromatic carbocycles. The summed E-state index contributed by atoms with van der Waals surface area (Å²) in [6.45, 7) is 2.79. The molecule has 0 spiro atoms. The fourth-order valence-electron chi connectivity index (χ4n) is 2.97. The molecule has 0 saturated heterocycles. The zero-order valence-electron chi connectivity index (χ0n) is 13.9. The van der Waals surface area contributed by atoms with Crippen molar-refractivity contribution in [3.05, 3.63) is 64.2 Å². The molecular weight excluding hydrogens is 332 g/mol. The summed E-state index contributed by atoms with van der Waals surface area (Å²) in [6.07, 6.45) is 3.74. The zero-order valence-corrected chi connectivity index (χ0v) is 14.7. The largest absolute Gasteiger partial charge is 0.325 e. The van der Waals surface area contributed by atoms with Crippen molar-refractivity contribution in [1.29, 1.82) is 0 Å². The number of anilines is 3. The monoisotopic (exact) mass is 350 g/mol. The number of hydrogen-bond acceptors (Lipinski definition) is 5. The van der Waals surface area contributed by atoms with E-state index in [1.807, 2.05) is 37.3 Å². The molecule has 3 aromatic rings. The number of para-hydroxylation sites is 1. The van der Waals surface area contributed by atoms with Crippen molar-refractivity contribution in [3.8, 4) is 0 Å². The highest BCUT2D eigenvalue weighted by molar-refractivity contribution is 7.14. The average molecular weight is 350 g/mol. The van der Waals surface area contributed by atoms with E-state index in [1.54, 1.807) is 6.20 Å². The van der Waals surface area contributed by atoms with Gasteiger partial charge >= 0.3 is 0 Å². The second kappa shape index (κ2) is 6.64. The first-order valence-electron chi connectivity index (χ1n) is 8.27. The summed E-state index contributed by atoms with van der Waals surface area (Å²) in [4.78, 5) is 24.8. The lowest BCUT2D eigenvalue weighted by Gasteiger charge is -2.27. The summed E-state index contributed by atoms with van der Waals surface area (Å²) < 4.78 is 0. The van der Waals surface area contributed by atoms with Gasteiger partial charge in [-0.15, -0.1) is 11.3 Å². The number of nitrogens with zero attached hydrogens (tertiary/aromatic N) is 3. The van der Waals surface area contributed by atoms with Gasteiger partial charge in [0, 0.05) is 23.3 Å². The quantitative estimate of drug-likeness (QED) is 0.770. The summed E-state index contributed by atoms with van der Waals surface area (Å²) in [7, 11) is 0. The first-order chi connectivity index (χ1) is 12.2. The van der Waals surface area contributed by atoms with E-state index in [-0.39, 0.29) is 5.91 Å². The van der Waals surface area contributed by atoms with Crippen molar-refractivity contribution in [2.75, 3.05) is 16.8 Å². The van der Waals surface area contributed by atoms with E-state index in [0.717, 1.165) is 42.3 Å². The summed E-state index contributed by atoms with van der Waals surface area (Å²) >= 11 is 1.48. The molecular formula is C19H18N4OS. The predicted molar refractivity (Wildman–Crippen MR) is 101 cm³/mol. The number of pyridine rings is 1. The summed E-state index contributed by atoms with van der Waals surface area (Å²) in [5, 5.41) is 3.41. The van der Waals surface area contributed by atoms with Crippen LogP contribution < -0.4 is 10.2 Å². The molecule has 1 amide bonds. The van der Waals surface area contributed by atoms with Crippen LogP contribution in [0.4, 0.5) is 17.2 Å². The minimum atomic E-state index is -0.177. The number of amides is 1. The van der Waals surface area contributed by atoms with Crippen molar-refractivity contribution in [2.45, 2.75) is 19.8 Å². The molecule has 1 aliphatic heterocycles. The zero-order chi connectivity index (χ0) is 17.2. The van der Waals surface area contributed by atoms with Crippen LogP contribution in [0.2, 0.25) is 0 Å². The topological polar surface area (TPSA) is 58.1 Å². The SMILES string of the molecule is Cc1ncccc1NC(=O)c1nc2c(s1)CCCN2c1ccccc1. The molecule has 0 bridgehead atoms. The lowest BCUT2D eigenvalue weighted by atomic mass is 10.1. The molecule has 5 nitrogen and oxygen atoms in total. The van der Waals surface area contributed by atoms with Gasteiger partial charge in [0.1, 0.15) is 5.82 Å². The third-order valence-corrected chi connectivity index (χ3v) is 5.34. The molecule has 6 heteroatoms.